The molecule has 308 valence electrons. The summed E-state index contributed by atoms with van der Waals surface area (Å²) in [6.45, 7) is 0. The predicted molar refractivity (Wildman–Crippen MR) is 282 cm³/mol. The molecule has 2 heteroatoms. The Hall–Kier alpha value is -8.72. The van der Waals surface area contributed by atoms with E-state index in [1.54, 1.807) is 0 Å². The molecular weight excluding hydrogens is 797 g/mol. The first-order chi connectivity index (χ1) is 32.7. The van der Waals surface area contributed by atoms with Crippen molar-refractivity contribution >= 4 is 82.0 Å². The van der Waals surface area contributed by atoms with Crippen LogP contribution in [-0.4, -0.2) is 4.57 Å². The maximum atomic E-state index is 2.44. The molecule has 0 spiro atoms. The number of anilines is 3. The third-order valence-corrected chi connectivity index (χ3v) is 13.6. The number of aromatic nitrogens is 1. The van der Waals surface area contributed by atoms with Gasteiger partial charge in [0, 0.05) is 33.2 Å². The highest BCUT2D eigenvalue weighted by Crippen LogP contribution is 2.45. The Kier molecular flexibility index (Phi) is 8.89. The van der Waals surface area contributed by atoms with Crippen LogP contribution in [0.1, 0.15) is 0 Å². The Labute approximate surface area is 383 Å². The summed E-state index contributed by atoms with van der Waals surface area (Å²) < 4.78 is 2.42. The fraction of sp³-hybridized carbons (Fsp3) is 0. The molecule has 0 saturated heterocycles. The van der Waals surface area contributed by atoms with Gasteiger partial charge >= 0.3 is 0 Å². The lowest BCUT2D eigenvalue weighted by atomic mass is 9.92. The minimum atomic E-state index is 1.09. The largest absolute Gasteiger partial charge is 0.310 e. The zero-order valence-corrected chi connectivity index (χ0v) is 36.1. The summed E-state index contributed by atoms with van der Waals surface area (Å²) in [6, 6.07) is 93.3. The van der Waals surface area contributed by atoms with E-state index in [1.165, 1.54) is 92.7 Å². The van der Waals surface area contributed by atoms with E-state index < -0.39 is 0 Å². The summed E-state index contributed by atoms with van der Waals surface area (Å²) in [5, 5.41) is 12.5. The standard InChI is InChI=1S/C64H42N2/c1-4-24-52-44(15-1)18-13-30-54(52)48-21-12-22-50(42-48)65(62-40-38-58(57-27-7-8-28-59(57)62)56-31-14-19-45-16-2-5-25-53(45)56)49-36-33-43(34-37-49)47-20-11-23-51(41-47)66-61-32-10-9-29-60(61)64-55-26-6-3-17-46(55)35-39-63(64)66/h1-42H. The minimum Gasteiger partial charge on any atom is -0.310 e. The molecule has 0 radical (unpaired) electrons. The maximum Gasteiger partial charge on any atom is 0.0547 e. The molecular formula is C64H42N2. The van der Waals surface area contributed by atoms with Crippen molar-refractivity contribution in [2.75, 3.05) is 4.90 Å². The van der Waals surface area contributed by atoms with E-state index in [2.05, 4.69) is 264 Å². The quantitative estimate of drug-likeness (QED) is 0.155. The summed E-state index contributed by atoms with van der Waals surface area (Å²) in [5.74, 6) is 0. The van der Waals surface area contributed by atoms with Crippen molar-refractivity contribution < 1.29 is 0 Å². The van der Waals surface area contributed by atoms with Gasteiger partial charge in [-0.3, -0.25) is 0 Å². The zero-order valence-electron chi connectivity index (χ0n) is 36.1. The number of para-hydroxylation sites is 1. The van der Waals surface area contributed by atoms with Gasteiger partial charge in [-0.2, -0.15) is 0 Å². The molecule has 0 fully saturated rings. The SMILES string of the molecule is c1cc(-c2cccc3ccccc23)cc(N(c2ccc(-c3cccc(-n4c5ccccc5c5c6ccccc6ccc54)c3)cc2)c2ccc(-c3cccc4ccccc34)c3ccccc23)c1. The number of fused-ring (bicyclic) bond motifs is 8. The Bertz CT molecular complexity index is 4000. The molecule has 12 aromatic carbocycles. The third-order valence-electron chi connectivity index (χ3n) is 13.6. The van der Waals surface area contributed by atoms with Crippen molar-refractivity contribution in [3.8, 4) is 39.1 Å². The van der Waals surface area contributed by atoms with Crippen molar-refractivity contribution in [3.05, 3.63) is 255 Å². The first-order valence-corrected chi connectivity index (χ1v) is 22.8. The number of rotatable bonds is 7. The smallest absolute Gasteiger partial charge is 0.0547 e. The van der Waals surface area contributed by atoms with E-state index in [-0.39, 0.29) is 0 Å². The van der Waals surface area contributed by atoms with Crippen molar-refractivity contribution in [2.45, 2.75) is 0 Å². The molecule has 66 heavy (non-hydrogen) atoms. The average molecular weight is 839 g/mol. The topological polar surface area (TPSA) is 8.17 Å². The number of hydrogen-bond donors (Lipinski definition) is 0. The fourth-order valence-electron chi connectivity index (χ4n) is 10.5. The molecule has 0 aliphatic rings. The lowest BCUT2D eigenvalue weighted by Gasteiger charge is -2.28. The van der Waals surface area contributed by atoms with Crippen LogP contribution in [0, 0.1) is 0 Å². The molecule has 0 aliphatic carbocycles. The lowest BCUT2D eigenvalue weighted by Crippen LogP contribution is -2.11. The molecule has 1 heterocycles. The Morgan fingerprint density at radius 1 is 0.273 bits per heavy atom. The molecule has 0 amide bonds. The first kappa shape index (κ1) is 37.8. The second-order valence-electron chi connectivity index (χ2n) is 17.2. The number of benzene rings is 12. The average Bonchev–Trinajstić information content (AvgIpc) is 3.74. The molecule has 0 atom stereocenters. The van der Waals surface area contributed by atoms with Gasteiger partial charge in [0.2, 0.25) is 0 Å². The fourth-order valence-corrected chi connectivity index (χ4v) is 10.5. The van der Waals surface area contributed by atoms with Crippen LogP contribution in [0.2, 0.25) is 0 Å². The van der Waals surface area contributed by atoms with Crippen LogP contribution in [0.4, 0.5) is 17.1 Å². The van der Waals surface area contributed by atoms with Crippen LogP contribution in [0.15, 0.2) is 255 Å². The molecule has 1 aromatic heterocycles. The molecule has 0 unspecified atom stereocenters. The highest BCUT2D eigenvalue weighted by atomic mass is 15.1. The van der Waals surface area contributed by atoms with Crippen molar-refractivity contribution in [2.24, 2.45) is 0 Å². The monoisotopic (exact) mass is 838 g/mol. The van der Waals surface area contributed by atoms with Gasteiger partial charge in [-0.25, -0.2) is 0 Å². The highest BCUT2D eigenvalue weighted by molar-refractivity contribution is 6.21. The van der Waals surface area contributed by atoms with Crippen LogP contribution in [-0.2, 0) is 0 Å². The molecule has 13 rings (SSSR count). The Balaban J connectivity index is 0.960. The molecule has 0 N–H and O–H groups in total. The molecule has 0 saturated carbocycles. The van der Waals surface area contributed by atoms with Gasteiger partial charge in [0.05, 0.1) is 16.7 Å². The van der Waals surface area contributed by atoms with E-state index in [4.69, 9.17) is 0 Å². The zero-order chi connectivity index (χ0) is 43.6. The number of hydrogen-bond acceptors (Lipinski definition) is 1. The molecule has 0 aliphatic heterocycles. The highest BCUT2D eigenvalue weighted by Gasteiger charge is 2.20. The summed E-state index contributed by atoms with van der Waals surface area (Å²) >= 11 is 0. The summed E-state index contributed by atoms with van der Waals surface area (Å²) in [4.78, 5) is 2.44. The van der Waals surface area contributed by atoms with Crippen LogP contribution < -0.4 is 4.90 Å². The van der Waals surface area contributed by atoms with Crippen LogP contribution in [0.25, 0.3) is 104 Å². The first-order valence-electron chi connectivity index (χ1n) is 22.8. The normalized spacial score (nSPS) is 11.6. The van der Waals surface area contributed by atoms with Crippen molar-refractivity contribution in [1.29, 1.82) is 0 Å². The van der Waals surface area contributed by atoms with Crippen molar-refractivity contribution in [3.63, 3.8) is 0 Å². The maximum absolute atomic E-state index is 2.44. The Morgan fingerprint density at radius 2 is 0.833 bits per heavy atom. The van der Waals surface area contributed by atoms with Crippen LogP contribution in [0.3, 0.4) is 0 Å². The van der Waals surface area contributed by atoms with E-state index in [9.17, 15) is 0 Å². The van der Waals surface area contributed by atoms with Crippen LogP contribution in [0.5, 0.6) is 0 Å². The summed E-state index contributed by atoms with van der Waals surface area (Å²) in [5.41, 5.74) is 14.0. The van der Waals surface area contributed by atoms with Gasteiger partial charge in [-0.15, -0.1) is 0 Å². The Morgan fingerprint density at radius 3 is 1.61 bits per heavy atom. The predicted octanol–water partition coefficient (Wildman–Crippen LogP) is 17.9. The number of nitrogens with zero attached hydrogens (tertiary/aromatic N) is 2. The van der Waals surface area contributed by atoms with Crippen molar-refractivity contribution in [1.82, 2.24) is 4.57 Å². The van der Waals surface area contributed by atoms with Gasteiger partial charge in [-0.05, 0) is 126 Å². The van der Waals surface area contributed by atoms with Gasteiger partial charge in [0.1, 0.15) is 0 Å². The second-order valence-corrected chi connectivity index (χ2v) is 17.2. The van der Waals surface area contributed by atoms with Gasteiger partial charge in [0.15, 0.2) is 0 Å². The minimum absolute atomic E-state index is 1.09. The molecule has 13 aromatic rings. The summed E-state index contributed by atoms with van der Waals surface area (Å²) in [7, 11) is 0. The molecule has 0 bridgehead atoms. The van der Waals surface area contributed by atoms with E-state index in [0.29, 0.717) is 0 Å². The van der Waals surface area contributed by atoms with E-state index in [0.717, 1.165) is 28.3 Å². The van der Waals surface area contributed by atoms with Gasteiger partial charge in [-0.1, -0.05) is 200 Å². The van der Waals surface area contributed by atoms with E-state index in [1.807, 2.05) is 0 Å². The summed E-state index contributed by atoms with van der Waals surface area (Å²) in [6.07, 6.45) is 0. The van der Waals surface area contributed by atoms with Gasteiger partial charge < -0.3 is 9.47 Å². The van der Waals surface area contributed by atoms with E-state index >= 15 is 0 Å². The molecule has 2 nitrogen and oxygen atoms in total. The van der Waals surface area contributed by atoms with Gasteiger partial charge in [0.25, 0.3) is 0 Å². The van der Waals surface area contributed by atoms with Crippen LogP contribution >= 0.6 is 0 Å². The second kappa shape index (κ2) is 15.5. The lowest BCUT2D eigenvalue weighted by molar-refractivity contribution is 1.18. The third kappa shape index (κ3) is 6.18.